The van der Waals surface area contributed by atoms with Crippen LogP contribution in [0.4, 0.5) is 0 Å². The molecule has 0 atom stereocenters. The quantitative estimate of drug-likeness (QED) is 0.810. The van der Waals surface area contributed by atoms with Gasteiger partial charge in [0.15, 0.2) is 0 Å². The average Bonchev–Trinajstić information content (AvgIpc) is 2.49. The molecule has 1 saturated heterocycles. The molecular weight excluding hydrogens is 368 g/mol. The first kappa shape index (κ1) is 17.7. The predicted molar refractivity (Wildman–Crippen MR) is 90.8 cm³/mol. The van der Waals surface area contributed by atoms with Crippen LogP contribution in [-0.2, 0) is 10.0 Å². The summed E-state index contributed by atoms with van der Waals surface area (Å²) in [6, 6.07) is 4.98. The van der Waals surface area contributed by atoms with Crippen molar-refractivity contribution in [2.45, 2.75) is 37.1 Å². The lowest BCUT2D eigenvalue weighted by Gasteiger charge is -2.32. The van der Waals surface area contributed by atoms with Crippen molar-refractivity contribution >= 4 is 26.0 Å². The van der Waals surface area contributed by atoms with Crippen LogP contribution in [0.3, 0.4) is 0 Å². The summed E-state index contributed by atoms with van der Waals surface area (Å²) in [6.07, 6.45) is 2.82. The summed E-state index contributed by atoms with van der Waals surface area (Å²) in [4.78, 5) is 2.56. The minimum Gasteiger partial charge on any atom is -0.495 e. The first-order chi connectivity index (χ1) is 10.5. The molecule has 2 rings (SSSR count). The highest BCUT2D eigenvalue weighted by atomic mass is 79.9. The summed E-state index contributed by atoms with van der Waals surface area (Å²) >= 11 is 3.31. The summed E-state index contributed by atoms with van der Waals surface area (Å²) < 4.78 is 33.9. The van der Waals surface area contributed by atoms with E-state index >= 15 is 0 Å². The maximum Gasteiger partial charge on any atom is 0.244 e. The molecule has 0 amide bonds. The van der Waals surface area contributed by atoms with Gasteiger partial charge in [0.2, 0.25) is 10.0 Å². The molecule has 0 radical (unpaired) electrons. The molecule has 1 fully saturated rings. The zero-order valence-corrected chi connectivity index (χ0v) is 15.4. The number of methoxy groups -OCH3 is 1. The number of ether oxygens (including phenoxy) is 1. The Hall–Kier alpha value is -0.630. The average molecular weight is 391 g/mol. The zero-order chi connectivity index (χ0) is 16.2. The molecule has 0 bridgehead atoms. The molecule has 0 saturated carbocycles. The summed E-state index contributed by atoms with van der Waals surface area (Å²) in [5.41, 5.74) is 0. The van der Waals surface area contributed by atoms with E-state index in [9.17, 15) is 8.42 Å². The zero-order valence-electron chi connectivity index (χ0n) is 13.0. The Bertz CT molecular complexity index is 599. The number of piperidine rings is 1. The second kappa shape index (κ2) is 7.77. The second-order valence-electron chi connectivity index (χ2n) is 5.53. The van der Waals surface area contributed by atoms with Gasteiger partial charge in [-0.15, -0.1) is 0 Å². The van der Waals surface area contributed by atoms with Crippen LogP contribution in [0.5, 0.6) is 5.75 Å². The minimum absolute atomic E-state index is 0.0122. The lowest BCUT2D eigenvalue weighted by atomic mass is 10.1. The van der Waals surface area contributed by atoms with Crippen LogP contribution in [0.1, 0.15) is 26.2 Å². The maximum atomic E-state index is 12.6. The highest BCUT2D eigenvalue weighted by molar-refractivity contribution is 9.10. The number of likely N-dealkylation sites (tertiary alicyclic amines) is 1. The predicted octanol–water partition coefficient (Wildman–Crippen LogP) is 2.61. The van der Waals surface area contributed by atoms with Crippen molar-refractivity contribution in [3.05, 3.63) is 22.7 Å². The Morgan fingerprint density at radius 2 is 2.05 bits per heavy atom. The van der Waals surface area contributed by atoms with Crippen molar-refractivity contribution in [2.24, 2.45) is 0 Å². The van der Waals surface area contributed by atoms with Crippen LogP contribution < -0.4 is 9.46 Å². The highest BCUT2D eigenvalue weighted by Crippen LogP contribution is 2.27. The van der Waals surface area contributed by atoms with Crippen molar-refractivity contribution in [3.8, 4) is 5.75 Å². The molecule has 22 heavy (non-hydrogen) atoms. The maximum absolute atomic E-state index is 12.6. The van der Waals surface area contributed by atoms with Gasteiger partial charge in [0, 0.05) is 10.5 Å². The number of sulfonamides is 1. The van der Waals surface area contributed by atoms with Gasteiger partial charge in [-0.25, -0.2) is 13.1 Å². The molecule has 1 aliphatic rings. The van der Waals surface area contributed by atoms with Crippen LogP contribution in [0, 0.1) is 0 Å². The van der Waals surface area contributed by atoms with E-state index in [1.165, 1.54) is 7.11 Å². The fraction of sp³-hybridized carbons (Fsp3) is 0.600. The van der Waals surface area contributed by atoms with E-state index < -0.39 is 10.0 Å². The third-order valence-electron chi connectivity index (χ3n) is 3.86. The largest absolute Gasteiger partial charge is 0.495 e. The summed E-state index contributed by atoms with van der Waals surface area (Å²) in [5, 5.41) is 0. The first-order valence-corrected chi connectivity index (χ1v) is 9.82. The van der Waals surface area contributed by atoms with Gasteiger partial charge >= 0.3 is 0 Å². The molecule has 1 N–H and O–H groups in total. The van der Waals surface area contributed by atoms with E-state index in [-0.39, 0.29) is 10.9 Å². The van der Waals surface area contributed by atoms with Crippen molar-refractivity contribution < 1.29 is 13.2 Å². The van der Waals surface area contributed by atoms with Gasteiger partial charge in [-0.05, 0) is 57.1 Å². The third kappa shape index (κ3) is 4.44. The molecule has 1 aromatic carbocycles. The van der Waals surface area contributed by atoms with Crippen LogP contribution >= 0.6 is 15.9 Å². The number of halogens is 1. The van der Waals surface area contributed by atoms with Gasteiger partial charge in [-0.1, -0.05) is 22.9 Å². The lowest BCUT2D eigenvalue weighted by molar-refractivity contribution is 0.208. The monoisotopic (exact) mass is 390 g/mol. The number of rotatable bonds is 6. The molecule has 5 nitrogen and oxygen atoms in total. The van der Waals surface area contributed by atoms with E-state index in [4.69, 9.17) is 4.74 Å². The molecule has 1 aromatic rings. The Labute approximate surface area is 141 Å². The van der Waals surface area contributed by atoms with E-state index in [2.05, 4.69) is 32.5 Å². The van der Waals surface area contributed by atoms with E-state index in [1.54, 1.807) is 18.2 Å². The number of hydrogen-bond acceptors (Lipinski definition) is 4. The van der Waals surface area contributed by atoms with E-state index in [0.717, 1.165) is 38.9 Å². The van der Waals surface area contributed by atoms with Gasteiger partial charge in [0.1, 0.15) is 10.6 Å². The van der Waals surface area contributed by atoms with E-state index in [1.807, 2.05) is 0 Å². The van der Waals surface area contributed by atoms with Gasteiger partial charge in [0.05, 0.1) is 7.11 Å². The van der Waals surface area contributed by atoms with Crippen molar-refractivity contribution in [1.29, 1.82) is 0 Å². The van der Waals surface area contributed by atoms with Gasteiger partial charge in [-0.2, -0.15) is 0 Å². The van der Waals surface area contributed by atoms with Crippen molar-refractivity contribution in [1.82, 2.24) is 9.62 Å². The van der Waals surface area contributed by atoms with Gasteiger partial charge in [-0.3, -0.25) is 0 Å². The molecular formula is C15H23BrN2O3S. The molecule has 0 aromatic heterocycles. The Morgan fingerprint density at radius 3 is 2.64 bits per heavy atom. The van der Waals surface area contributed by atoms with Crippen LogP contribution in [-0.4, -0.2) is 46.1 Å². The van der Waals surface area contributed by atoms with Crippen LogP contribution in [0.2, 0.25) is 0 Å². The standard InChI is InChI=1S/C15H23BrN2O3S/c1-3-8-18-9-6-13(7-10-18)17-22(19,20)15-11-12(16)4-5-14(15)21-2/h4-5,11,13,17H,3,6-10H2,1-2H3. The molecule has 0 spiro atoms. The van der Waals surface area contributed by atoms with Crippen molar-refractivity contribution in [3.63, 3.8) is 0 Å². The summed E-state index contributed by atoms with van der Waals surface area (Å²) in [5.74, 6) is 0.360. The summed E-state index contributed by atoms with van der Waals surface area (Å²) in [7, 11) is -2.10. The topological polar surface area (TPSA) is 58.6 Å². The smallest absolute Gasteiger partial charge is 0.244 e. The third-order valence-corrected chi connectivity index (χ3v) is 5.90. The fourth-order valence-electron chi connectivity index (χ4n) is 2.73. The van der Waals surface area contributed by atoms with Crippen molar-refractivity contribution in [2.75, 3.05) is 26.7 Å². The highest BCUT2D eigenvalue weighted by Gasteiger charge is 2.26. The fourth-order valence-corrected chi connectivity index (χ4v) is 4.75. The van der Waals surface area contributed by atoms with E-state index in [0.29, 0.717) is 10.2 Å². The molecule has 0 aliphatic carbocycles. The first-order valence-electron chi connectivity index (χ1n) is 7.54. The molecule has 124 valence electrons. The molecule has 0 unspecified atom stereocenters. The second-order valence-corrected chi connectivity index (χ2v) is 8.13. The molecule has 7 heteroatoms. The SMILES string of the molecule is CCCN1CCC(NS(=O)(=O)c2cc(Br)ccc2OC)CC1. The number of nitrogens with zero attached hydrogens (tertiary/aromatic N) is 1. The number of nitrogens with one attached hydrogen (secondary N) is 1. The van der Waals surface area contributed by atoms with Crippen LogP contribution in [0.25, 0.3) is 0 Å². The minimum atomic E-state index is -3.58. The normalized spacial score (nSPS) is 17.6. The summed E-state index contributed by atoms with van der Waals surface area (Å²) in [6.45, 7) is 5.13. The van der Waals surface area contributed by atoms with Gasteiger partial charge in [0.25, 0.3) is 0 Å². The lowest BCUT2D eigenvalue weighted by Crippen LogP contribution is -2.44. The van der Waals surface area contributed by atoms with Crippen LogP contribution in [0.15, 0.2) is 27.6 Å². The van der Waals surface area contributed by atoms with Gasteiger partial charge < -0.3 is 9.64 Å². The number of hydrogen-bond donors (Lipinski definition) is 1. The Balaban J connectivity index is 2.08. The Kier molecular flexibility index (Phi) is 6.26. The molecule has 1 aliphatic heterocycles. The Morgan fingerprint density at radius 1 is 1.36 bits per heavy atom. The molecule has 1 heterocycles. The number of benzene rings is 1.